The van der Waals surface area contributed by atoms with Crippen molar-refractivity contribution in [2.24, 2.45) is 22.7 Å². The van der Waals surface area contributed by atoms with E-state index in [-0.39, 0.29) is 40.7 Å². The summed E-state index contributed by atoms with van der Waals surface area (Å²) < 4.78 is 11.0. The molecule has 0 aliphatic heterocycles. The van der Waals surface area contributed by atoms with Crippen LogP contribution < -0.4 is 0 Å². The maximum Gasteiger partial charge on any atom is 0.303 e. The lowest BCUT2D eigenvalue weighted by molar-refractivity contribution is -0.153. The predicted molar refractivity (Wildman–Crippen MR) is 87.9 cm³/mol. The molecule has 0 aromatic heterocycles. The first-order chi connectivity index (χ1) is 10.9. The molecule has 3 saturated carbocycles. The zero-order valence-corrected chi connectivity index (χ0v) is 15.2. The fourth-order valence-electron chi connectivity index (χ4n) is 6.24. The second-order valence-electron chi connectivity index (χ2n) is 8.82. The molecule has 5 nitrogen and oxygen atoms in total. The molecule has 6 atom stereocenters. The van der Waals surface area contributed by atoms with Gasteiger partial charge in [-0.05, 0) is 36.2 Å². The first-order valence-corrected chi connectivity index (χ1v) is 8.69. The van der Waals surface area contributed by atoms with Crippen LogP contribution in [0.3, 0.4) is 0 Å². The highest BCUT2D eigenvalue weighted by molar-refractivity contribution is 5.67. The van der Waals surface area contributed by atoms with Gasteiger partial charge < -0.3 is 14.6 Å². The van der Waals surface area contributed by atoms with Gasteiger partial charge in [0.05, 0.1) is 5.60 Å². The van der Waals surface area contributed by atoms with Crippen LogP contribution in [0.2, 0.25) is 0 Å². The maximum absolute atomic E-state index is 11.7. The molecule has 0 unspecified atom stereocenters. The van der Waals surface area contributed by atoms with Crippen LogP contribution in [0.15, 0.2) is 12.2 Å². The van der Waals surface area contributed by atoms with Gasteiger partial charge in [-0.15, -0.1) is 0 Å². The average Bonchev–Trinajstić information content (AvgIpc) is 2.84. The molecule has 0 spiro atoms. The Hall–Kier alpha value is -1.36. The third-order valence-corrected chi connectivity index (χ3v) is 6.65. The monoisotopic (exact) mass is 336 g/mol. The Bertz CT molecular complexity index is 609. The first-order valence-electron chi connectivity index (χ1n) is 8.69. The number of carbonyl (C=O) groups is 2. The average molecular weight is 336 g/mol. The Kier molecular flexibility index (Phi) is 3.69. The number of ether oxygens (including phenoxy) is 2. The molecule has 0 aromatic carbocycles. The Labute approximate surface area is 143 Å². The zero-order chi connectivity index (χ0) is 18.1. The lowest BCUT2D eigenvalue weighted by atomic mass is 9.66. The molecule has 5 heteroatoms. The molecule has 24 heavy (non-hydrogen) atoms. The van der Waals surface area contributed by atoms with E-state index in [1.54, 1.807) is 0 Å². The minimum absolute atomic E-state index is 0.0259. The van der Waals surface area contributed by atoms with E-state index < -0.39 is 11.7 Å². The fraction of sp³-hybridized carbons (Fsp3) is 0.789. The van der Waals surface area contributed by atoms with E-state index in [1.165, 1.54) is 13.8 Å². The van der Waals surface area contributed by atoms with Crippen molar-refractivity contribution in [3.8, 4) is 0 Å². The lowest BCUT2D eigenvalue weighted by Gasteiger charge is -2.42. The van der Waals surface area contributed by atoms with Crippen molar-refractivity contribution < 1.29 is 24.2 Å². The smallest absolute Gasteiger partial charge is 0.303 e. The maximum atomic E-state index is 11.7. The molecule has 3 aliphatic rings. The molecule has 3 fully saturated rings. The number of hydrogen-bond donors (Lipinski definition) is 1. The largest absolute Gasteiger partial charge is 0.462 e. The normalized spacial score (nSPS) is 45.7. The van der Waals surface area contributed by atoms with Gasteiger partial charge in [0.2, 0.25) is 0 Å². The molecule has 0 aromatic rings. The van der Waals surface area contributed by atoms with Gasteiger partial charge in [0.25, 0.3) is 0 Å². The van der Waals surface area contributed by atoms with Crippen LogP contribution in [0, 0.1) is 22.7 Å². The van der Waals surface area contributed by atoms with E-state index in [0.717, 1.165) is 6.42 Å². The molecule has 1 N–H and O–H groups in total. The van der Waals surface area contributed by atoms with Gasteiger partial charge in [0, 0.05) is 25.2 Å². The van der Waals surface area contributed by atoms with Crippen LogP contribution in [0.1, 0.15) is 53.9 Å². The Balaban J connectivity index is 1.98. The second kappa shape index (κ2) is 5.07. The highest BCUT2D eigenvalue weighted by atomic mass is 16.5. The van der Waals surface area contributed by atoms with Gasteiger partial charge in [-0.1, -0.05) is 27.4 Å². The summed E-state index contributed by atoms with van der Waals surface area (Å²) in [4.78, 5) is 22.9. The van der Waals surface area contributed by atoms with Gasteiger partial charge in [-0.25, -0.2) is 0 Å². The number of aliphatic hydroxyl groups is 1. The SMILES string of the molecule is C=C1[C@@H](OC(C)=O)C[C@H]2C[C@]3(C)[C@H](OC(C)=O)CC(C)(C)[C@@H]3[C@@]12O. The lowest BCUT2D eigenvalue weighted by Crippen LogP contribution is -2.47. The van der Waals surface area contributed by atoms with Crippen LogP contribution in [0.5, 0.6) is 0 Å². The summed E-state index contributed by atoms with van der Waals surface area (Å²) in [5, 5.41) is 11.7. The fourth-order valence-corrected chi connectivity index (χ4v) is 6.24. The van der Waals surface area contributed by atoms with Crippen molar-refractivity contribution in [2.45, 2.75) is 71.7 Å². The molecule has 0 saturated heterocycles. The summed E-state index contributed by atoms with van der Waals surface area (Å²) in [5.74, 6) is -0.740. The Morgan fingerprint density at radius 1 is 1.12 bits per heavy atom. The molecule has 0 amide bonds. The second-order valence-corrected chi connectivity index (χ2v) is 8.82. The molecule has 3 rings (SSSR count). The topological polar surface area (TPSA) is 72.8 Å². The van der Waals surface area contributed by atoms with Crippen LogP contribution in [0.4, 0.5) is 0 Å². The molecule has 0 heterocycles. The summed E-state index contributed by atoms with van der Waals surface area (Å²) in [5.41, 5.74) is -0.966. The highest BCUT2D eigenvalue weighted by Gasteiger charge is 2.74. The Morgan fingerprint density at radius 3 is 2.25 bits per heavy atom. The van der Waals surface area contributed by atoms with Crippen molar-refractivity contribution in [2.75, 3.05) is 0 Å². The van der Waals surface area contributed by atoms with Gasteiger partial charge >= 0.3 is 11.9 Å². The van der Waals surface area contributed by atoms with Crippen LogP contribution >= 0.6 is 0 Å². The van der Waals surface area contributed by atoms with Crippen molar-refractivity contribution in [1.29, 1.82) is 0 Å². The first kappa shape index (κ1) is 17.5. The third-order valence-electron chi connectivity index (χ3n) is 6.65. The summed E-state index contributed by atoms with van der Waals surface area (Å²) in [6, 6.07) is 0. The highest BCUT2D eigenvalue weighted by Crippen LogP contribution is 2.72. The predicted octanol–water partition coefficient (Wildman–Crippen LogP) is 2.61. The summed E-state index contributed by atoms with van der Waals surface area (Å²) in [6.45, 7) is 13.3. The Morgan fingerprint density at radius 2 is 1.71 bits per heavy atom. The molecular weight excluding hydrogens is 308 g/mol. The number of hydrogen-bond acceptors (Lipinski definition) is 5. The molecular formula is C19H28O5. The van der Waals surface area contributed by atoms with Crippen molar-refractivity contribution in [3.63, 3.8) is 0 Å². The van der Waals surface area contributed by atoms with Crippen molar-refractivity contribution in [3.05, 3.63) is 12.2 Å². The summed E-state index contributed by atoms with van der Waals surface area (Å²) >= 11 is 0. The van der Waals surface area contributed by atoms with Crippen LogP contribution in [-0.4, -0.2) is 34.9 Å². The van der Waals surface area contributed by atoms with Gasteiger partial charge in [-0.2, -0.15) is 0 Å². The number of rotatable bonds is 2. The van der Waals surface area contributed by atoms with Gasteiger partial charge in [0.15, 0.2) is 0 Å². The summed E-state index contributed by atoms with van der Waals surface area (Å²) in [6.07, 6.45) is 1.42. The van der Waals surface area contributed by atoms with E-state index in [9.17, 15) is 14.7 Å². The van der Waals surface area contributed by atoms with Crippen LogP contribution in [-0.2, 0) is 19.1 Å². The van der Waals surface area contributed by atoms with Crippen molar-refractivity contribution in [1.82, 2.24) is 0 Å². The molecule has 134 valence electrons. The van der Waals surface area contributed by atoms with Gasteiger partial charge in [0.1, 0.15) is 12.2 Å². The third kappa shape index (κ3) is 2.17. The van der Waals surface area contributed by atoms with E-state index in [4.69, 9.17) is 9.47 Å². The quantitative estimate of drug-likeness (QED) is 0.620. The van der Waals surface area contributed by atoms with E-state index >= 15 is 0 Å². The number of carbonyl (C=O) groups excluding carboxylic acids is 2. The number of esters is 2. The van der Waals surface area contributed by atoms with Crippen molar-refractivity contribution >= 4 is 11.9 Å². The minimum Gasteiger partial charge on any atom is -0.462 e. The standard InChI is InChI=1S/C19H28O5/c1-10-14(23-11(2)20)7-13-8-18(6)15(24-12(3)21)9-17(4,5)16(18)19(10,13)22/h13-16,22H,1,7-9H2,2-6H3/t13-,14-,15+,16-,18+,19+/m0/s1. The van der Waals surface area contributed by atoms with Gasteiger partial charge in [-0.3, -0.25) is 9.59 Å². The summed E-state index contributed by atoms with van der Waals surface area (Å²) in [7, 11) is 0. The van der Waals surface area contributed by atoms with Crippen LogP contribution in [0.25, 0.3) is 0 Å². The molecule has 3 aliphatic carbocycles. The number of fused-ring (bicyclic) bond motifs is 3. The minimum atomic E-state index is -1.08. The van der Waals surface area contributed by atoms with E-state index in [0.29, 0.717) is 18.4 Å². The molecule has 0 radical (unpaired) electrons. The van der Waals surface area contributed by atoms with E-state index in [1.807, 2.05) is 0 Å². The zero-order valence-electron chi connectivity index (χ0n) is 15.2. The van der Waals surface area contributed by atoms with E-state index in [2.05, 4.69) is 27.4 Å². The molecule has 0 bridgehead atoms.